The first-order valence-corrected chi connectivity index (χ1v) is 9.01. The number of carbonyl (C=O) groups excluding carboxylic acids is 4. The zero-order valence-electron chi connectivity index (χ0n) is 15.6. The van der Waals surface area contributed by atoms with Gasteiger partial charge in [-0.1, -0.05) is 24.3 Å². The fourth-order valence-electron chi connectivity index (χ4n) is 2.84. The lowest BCUT2D eigenvalue weighted by Crippen LogP contribution is -2.28. The number of imide groups is 1. The van der Waals surface area contributed by atoms with Crippen LogP contribution in [-0.4, -0.2) is 35.2 Å². The van der Waals surface area contributed by atoms with Crippen LogP contribution in [0.25, 0.3) is 0 Å². The highest BCUT2D eigenvalue weighted by atomic mass is 16.5. The molecule has 2 aromatic rings. The third kappa shape index (κ3) is 5.41. The van der Waals surface area contributed by atoms with E-state index in [0.717, 1.165) is 5.56 Å². The predicted molar refractivity (Wildman–Crippen MR) is 101 cm³/mol. The topological polar surface area (TPSA) is 116 Å². The molecule has 3 rings (SSSR count). The van der Waals surface area contributed by atoms with Gasteiger partial charge in [-0.3, -0.25) is 19.3 Å². The van der Waals surface area contributed by atoms with E-state index in [-0.39, 0.29) is 44.4 Å². The third-order valence-corrected chi connectivity index (χ3v) is 4.33. The van der Waals surface area contributed by atoms with Gasteiger partial charge in [-0.05, 0) is 35.4 Å². The van der Waals surface area contributed by atoms with E-state index < -0.39 is 11.9 Å². The number of esters is 1. The van der Waals surface area contributed by atoms with Gasteiger partial charge >= 0.3 is 5.97 Å². The van der Waals surface area contributed by atoms with Gasteiger partial charge in [-0.25, -0.2) is 4.79 Å². The lowest BCUT2D eigenvalue weighted by atomic mass is 10.1. The van der Waals surface area contributed by atoms with E-state index in [1.807, 2.05) is 0 Å². The van der Waals surface area contributed by atoms with Crippen molar-refractivity contribution in [3.63, 3.8) is 0 Å². The molecule has 0 saturated carbocycles. The summed E-state index contributed by atoms with van der Waals surface area (Å²) in [5.74, 6) is -0.995. The maximum atomic E-state index is 12.2. The molecule has 0 atom stereocenters. The van der Waals surface area contributed by atoms with E-state index in [4.69, 9.17) is 15.2 Å². The van der Waals surface area contributed by atoms with Crippen LogP contribution in [0.15, 0.2) is 48.5 Å². The number of carbonyl (C=O) groups is 4. The van der Waals surface area contributed by atoms with Gasteiger partial charge < -0.3 is 15.2 Å². The van der Waals surface area contributed by atoms with E-state index in [9.17, 15) is 19.2 Å². The monoisotopic (exact) mass is 396 g/mol. The van der Waals surface area contributed by atoms with Crippen molar-refractivity contribution in [2.45, 2.75) is 26.0 Å². The van der Waals surface area contributed by atoms with Gasteiger partial charge in [-0.15, -0.1) is 0 Å². The summed E-state index contributed by atoms with van der Waals surface area (Å²) in [7, 11) is 0. The number of nitrogens with two attached hydrogens (primary N) is 1. The fraction of sp³-hybridized carbons (Fsp3) is 0.238. The summed E-state index contributed by atoms with van der Waals surface area (Å²) in [6.45, 7) is 0.000436. The Morgan fingerprint density at radius 3 is 2.31 bits per heavy atom. The number of benzene rings is 2. The molecular weight excluding hydrogens is 376 g/mol. The van der Waals surface area contributed by atoms with Gasteiger partial charge in [0.1, 0.15) is 12.4 Å². The molecule has 1 aliphatic heterocycles. The molecule has 0 aromatic heterocycles. The molecule has 150 valence electrons. The van der Waals surface area contributed by atoms with Crippen molar-refractivity contribution >= 4 is 23.7 Å². The maximum Gasteiger partial charge on any atom is 0.338 e. The standard InChI is InChI=1S/C21H20N2O6/c22-18(24)13-28-17-3-1-2-15(10-17)12-29-21(27)16-6-4-14(5-7-16)11-23-19(25)8-9-20(23)26/h1-7,10H,8-9,11-13H2,(H2,22,24). The van der Waals surface area contributed by atoms with Gasteiger partial charge in [0.05, 0.1) is 12.1 Å². The first kappa shape index (κ1) is 20.1. The number of hydrogen-bond acceptors (Lipinski definition) is 6. The van der Waals surface area contributed by atoms with Gasteiger partial charge in [0.2, 0.25) is 11.8 Å². The molecule has 0 radical (unpaired) electrons. The number of amides is 3. The van der Waals surface area contributed by atoms with Crippen LogP contribution in [0, 0.1) is 0 Å². The molecular formula is C21H20N2O6. The van der Waals surface area contributed by atoms with Gasteiger partial charge in [0.25, 0.3) is 5.91 Å². The summed E-state index contributed by atoms with van der Waals surface area (Å²) in [6, 6.07) is 13.4. The van der Waals surface area contributed by atoms with Crippen LogP contribution in [0.1, 0.15) is 34.3 Å². The van der Waals surface area contributed by atoms with E-state index >= 15 is 0 Å². The molecule has 29 heavy (non-hydrogen) atoms. The summed E-state index contributed by atoms with van der Waals surface area (Å²) >= 11 is 0. The molecule has 1 aliphatic rings. The minimum absolute atomic E-state index is 0.0329. The summed E-state index contributed by atoms with van der Waals surface area (Å²) < 4.78 is 10.5. The van der Waals surface area contributed by atoms with Crippen LogP contribution in [0.3, 0.4) is 0 Å². The van der Waals surface area contributed by atoms with E-state index in [2.05, 4.69) is 0 Å². The Hall–Kier alpha value is -3.68. The molecule has 8 nitrogen and oxygen atoms in total. The summed E-state index contributed by atoms with van der Waals surface area (Å²) in [5.41, 5.74) is 6.85. The quantitative estimate of drug-likeness (QED) is 0.535. The first-order valence-electron chi connectivity index (χ1n) is 9.01. The Labute approximate surface area is 167 Å². The van der Waals surface area contributed by atoms with Gasteiger partial charge in [-0.2, -0.15) is 0 Å². The molecule has 8 heteroatoms. The second-order valence-electron chi connectivity index (χ2n) is 6.55. The van der Waals surface area contributed by atoms with E-state index in [1.165, 1.54) is 4.90 Å². The van der Waals surface area contributed by atoms with Crippen molar-refractivity contribution in [2.75, 3.05) is 6.61 Å². The number of likely N-dealkylation sites (tertiary alicyclic amines) is 1. The average Bonchev–Trinajstić information content (AvgIpc) is 3.03. The lowest BCUT2D eigenvalue weighted by molar-refractivity contribution is -0.139. The largest absolute Gasteiger partial charge is 0.484 e. The maximum absolute atomic E-state index is 12.2. The number of rotatable bonds is 8. The first-order chi connectivity index (χ1) is 13.9. The molecule has 2 N–H and O–H groups in total. The van der Waals surface area contributed by atoms with Crippen molar-refractivity contribution in [1.29, 1.82) is 0 Å². The summed E-state index contributed by atoms with van der Waals surface area (Å²) in [5, 5.41) is 0. The molecule has 0 bridgehead atoms. The molecule has 1 heterocycles. The Morgan fingerprint density at radius 2 is 1.66 bits per heavy atom. The molecule has 0 spiro atoms. The van der Waals surface area contributed by atoms with Gasteiger partial charge in [0.15, 0.2) is 6.61 Å². The van der Waals surface area contributed by atoms with Crippen molar-refractivity contribution in [3.05, 3.63) is 65.2 Å². The SMILES string of the molecule is NC(=O)COc1cccc(COC(=O)c2ccc(CN3C(=O)CCC3=O)cc2)c1. The molecule has 0 aliphatic carbocycles. The van der Waals surface area contributed by atoms with Crippen molar-refractivity contribution in [1.82, 2.24) is 4.90 Å². The predicted octanol–water partition coefficient (Wildman–Crippen LogP) is 1.56. The fourth-order valence-corrected chi connectivity index (χ4v) is 2.84. The van der Waals surface area contributed by atoms with Crippen LogP contribution < -0.4 is 10.5 Å². The molecule has 1 saturated heterocycles. The van der Waals surface area contributed by atoms with Crippen LogP contribution in [0.5, 0.6) is 5.75 Å². The normalized spacial score (nSPS) is 13.4. The Morgan fingerprint density at radius 1 is 0.966 bits per heavy atom. The number of primary amides is 1. The third-order valence-electron chi connectivity index (χ3n) is 4.33. The van der Waals surface area contributed by atoms with E-state index in [0.29, 0.717) is 16.9 Å². The summed E-state index contributed by atoms with van der Waals surface area (Å²) in [4.78, 5) is 47.6. The number of hydrogen-bond donors (Lipinski definition) is 1. The minimum Gasteiger partial charge on any atom is -0.484 e. The Balaban J connectivity index is 1.54. The molecule has 3 amide bonds. The van der Waals surface area contributed by atoms with Gasteiger partial charge in [0, 0.05) is 12.8 Å². The smallest absolute Gasteiger partial charge is 0.338 e. The second kappa shape index (κ2) is 9.01. The zero-order valence-corrected chi connectivity index (χ0v) is 15.6. The lowest BCUT2D eigenvalue weighted by Gasteiger charge is -2.14. The highest BCUT2D eigenvalue weighted by Gasteiger charge is 2.28. The number of nitrogens with zero attached hydrogens (tertiary/aromatic N) is 1. The van der Waals surface area contributed by atoms with Crippen LogP contribution in [-0.2, 0) is 32.3 Å². The van der Waals surface area contributed by atoms with Crippen LogP contribution in [0.2, 0.25) is 0 Å². The molecule has 1 fully saturated rings. The second-order valence-corrected chi connectivity index (χ2v) is 6.55. The average molecular weight is 396 g/mol. The van der Waals surface area contributed by atoms with Crippen molar-refractivity contribution in [2.24, 2.45) is 5.73 Å². The van der Waals surface area contributed by atoms with Crippen LogP contribution >= 0.6 is 0 Å². The minimum atomic E-state index is -0.580. The molecule has 0 unspecified atom stereocenters. The highest BCUT2D eigenvalue weighted by Crippen LogP contribution is 2.17. The van der Waals surface area contributed by atoms with Crippen molar-refractivity contribution < 1.29 is 28.7 Å². The summed E-state index contributed by atoms with van der Waals surface area (Å²) in [6.07, 6.45) is 0.496. The molecule has 2 aromatic carbocycles. The van der Waals surface area contributed by atoms with Crippen molar-refractivity contribution in [3.8, 4) is 5.75 Å². The zero-order chi connectivity index (χ0) is 20.8. The Bertz CT molecular complexity index is 922. The highest BCUT2D eigenvalue weighted by molar-refractivity contribution is 6.01. The number of ether oxygens (including phenoxy) is 2. The van der Waals surface area contributed by atoms with Crippen LogP contribution in [0.4, 0.5) is 0 Å². The Kier molecular flexibility index (Phi) is 6.23. The van der Waals surface area contributed by atoms with E-state index in [1.54, 1.807) is 48.5 Å².